The van der Waals surface area contributed by atoms with Gasteiger partial charge in [-0.05, 0) is 98.2 Å². The molecule has 0 aromatic heterocycles. The van der Waals surface area contributed by atoms with Gasteiger partial charge >= 0.3 is 0 Å². The van der Waals surface area contributed by atoms with Gasteiger partial charge in [-0.2, -0.15) is 0 Å². The smallest absolute Gasteiger partial charge is 0.0543 e. The van der Waals surface area contributed by atoms with E-state index in [-0.39, 0.29) is 6.10 Å². The number of aliphatic hydroxyl groups is 1. The van der Waals surface area contributed by atoms with Crippen molar-refractivity contribution < 1.29 is 5.11 Å². The third kappa shape index (κ3) is 2.35. The minimum atomic E-state index is -0.00102. The zero-order valence-electron chi connectivity index (χ0n) is 15.7. The first-order valence-corrected chi connectivity index (χ1v) is 10.7. The molecule has 4 fully saturated rings. The van der Waals surface area contributed by atoms with Gasteiger partial charge in [0.05, 0.1) is 6.10 Å². The van der Waals surface area contributed by atoms with Crippen LogP contribution in [-0.2, 0) is 0 Å². The van der Waals surface area contributed by atoms with E-state index in [9.17, 15) is 5.11 Å². The van der Waals surface area contributed by atoms with Crippen molar-refractivity contribution in [3.8, 4) is 0 Å². The van der Waals surface area contributed by atoms with Crippen LogP contribution < -0.4 is 0 Å². The summed E-state index contributed by atoms with van der Waals surface area (Å²) < 4.78 is 0. The van der Waals surface area contributed by atoms with Gasteiger partial charge in [0.2, 0.25) is 0 Å². The summed E-state index contributed by atoms with van der Waals surface area (Å²) in [5.41, 5.74) is 1.21. The zero-order chi connectivity index (χ0) is 16.2. The van der Waals surface area contributed by atoms with Crippen molar-refractivity contribution in [2.75, 3.05) is 0 Å². The molecular weight excluding hydrogens is 280 g/mol. The maximum atomic E-state index is 10.1. The van der Waals surface area contributed by atoms with E-state index in [1.807, 2.05) is 0 Å². The summed E-state index contributed by atoms with van der Waals surface area (Å²) in [5, 5.41) is 10.1. The summed E-state index contributed by atoms with van der Waals surface area (Å²) in [4.78, 5) is 0. The zero-order valence-corrected chi connectivity index (χ0v) is 15.7. The van der Waals surface area contributed by atoms with Gasteiger partial charge in [-0.25, -0.2) is 0 Å². The Bertz CT molecular complexity index is 445. The summed E-state index contributed by atoms with van der Waals surface area (Å²) in [6, 6.07) is 0. The topological polar surface area (TPSA) is 20.2 Å². The highest BCUT2D eigenvalue weighted by atomic mass is 16.3. The highest BCUT2D eigenvalue weighted by molar-refractivity contribution is 5.09. The van der Waals surface area contributed by atoms with Crippen LogP contribution in [0.1, 0.15) is 91.4 Å². The molecule has 0 saturated heterocycles. The molecule has 4 aliphatic carbocycles. The summed E-state index contributed by atoms with van der Waals surface area (Å²) in [6.45, 7) is 7.66. The lowest BCUT2D eigenvalue weighted by Gasteiger charge is -2.61. The van der Waals surface area contributed by atoms with Gasteiger partial charge in [0.1, 0.15) is 0 Å². The van der Waals surface area contributed by atoms with E-state index in [1.165, 1.54) is 57.8 Å². The molecule has 0 radical (unpaired) electrons. The third-order valence-corrected chi connectivity index (χ3v) is 9.47. The Labute approximate surface area is 143 Å². The molecule has 8 atom stereocenters. The third-order valence-electron chi connectivity index (χ3n) is 9.47. The van der Waals surface area contributed by atoms with Gasteiger partial charge in [-0.15, -0.1) is 0 Å². The van der Waals surface area contributed by atoms with Gasteiger partial charge in [0.25, 0.3) is 0 Å². The van der Waals surface area contributed by atoms with E-state index >= 15 is 0 Å². The molecule has 0 heterocycles. The van der Waals surface area contributed by atoms with E-state index in [1.54, 1.807) is 0 Å². The van der Waals surface area contributed by atoms with Crippen molar-refractivity contribution >= 4 is 0 Å². The molecule has 4 aliphatic rings. The fraction of sp³-hybridized carbons (Fsp3) is 1.00. The lowest BCUT2D eigenvalue weighted by atomic mass is 9.44. The molecular formula is C22H38O. The van der Waals surface area contributed by atoms with Crippen molar-refractivity contribution in [1.29, 1.82) is 0 Å². The van der Waals surface area contributed by atoms with Crippen LogP contribution in [0.5, 0.6) is 0 Å². The van der Waals surface area contributed by atoms with Gasteiger partial charge < -0.3 is 5.11 Å². The Balaban J connectivity index is 1.58. The first-order valence-electron chi connectivity index (χ1n) is 10.7. The first-order chi connectivity index (χ1) is 11.0. The van der Waals surface area contributed by atoms with Crippen LogP contribution in [-0.4, -0.2) is 11.2 Å². The Morgan fingerprint density at radius 3 is 2.39 bits per heavy atom. The molecule has 4 saturated carbocycles. The molecule has 0 bridgehead atoms. The fourth-order valence-corrected chi connectivity index (χ4v) is 8.17. The Morgan fingerprint density at radius 1 is 0.870 bits per heavy atom. The van der Waals surface area contributed by atoms with Crippen LogP contribution in [0.25, 0.3) is 0 Å². The molecule has 23 heavy (non-hydrogen) atoms. The molecule has 0 aliphatic heterocycles. The average Bonchev–Trinajstić information content (AvgIpc) is 2.85. The number of aliphatic hydroxyl groups excluding tert-OH is 1. The van der Waals surface area contributed by atoms with Gasteiger partial charge in [-0.1, -0.05) is 33.6 Å². The molecule has 0 aromatic rings. The Hall–Kier alpha value is -0.0400. The largest absolute Gasteiger partial charge is 0.393 e. The Morgan fingerprint density at radius 2 is 1.61 bits per heavy atom. The second-order valence-electron chi connectivity index (χ2n) is 10.2. The van der Waals surface area contributed by atoms with Crippen molar-refractivity contribution in [2.24, 2.45) is 40.4 Å². The lowest BCUT2D eigenvalue weighted by molar-refractivity contribution is -0.126. The predicted octanol–water partition coefficient (Wildman–Crippen LogP) is 5.81. The van der Waals surface area contributed by atoms with Gasteiger partial charge in [0, 0.05) is 0 Å². The molecule has 2 unspecified atom stereocenters. The van der Waals surface area contributed by atoms with E-state index < -0.39 is 0 Å². The van der Waals surface area contributed by atoms with Crippen LogP contribution in [0.2, 0.25) is 0 Å². The van der Waals surface area contributed by atoms with E-state index in [2.05, 4.69) is 20.8 Å². The van der Waals surface area contributed by atoms with Gasteiger partial charge in [-0.3, -0.25) is 0 Å². The van der Waals surface area contributed by atoms with Crippen LogP contribution in [0.4, 0.5) is 0 Å². The van der Waals surface area contributed by atoms with Crippen LogP contribution in [0.3, 0.4) is 0 Å². The fourth-order valence-electron chi connectivity index (χ4n) is 8.17. The average molecular weight is 319 g/mol. The Kier molecular flexibility index (Phi) is 4.11. The second kappa shape index (κ2) is 5.75. The number of hydrogen-bond acceptors (Lipinski definition) is 1. The van der Waals surface area contributed by atoms with Gasteiger partial charge in [0.15, 0.2) is 0 Å². The van der Waals surface area contributed by atoms with Crippen molar-refractivity contribution in [3.63, 3.8) is 0 Å². The predicted molar refractivity (Wildman–Crippen MR) is 96.1 cm³/mol. The quantitative estimate of drug-likeness (QED) is 0.681. The second-order valence-corrected chi connectivity index (χ2v) is 10.2. The summed E-state index contributed by atoms with van der Waals surface area (Å²) >= 11 is 0. The molecule has 1 nitrogen and oxygen atoms in total. The SMILES string of the molecule is CCCC1CCC2[C@@H]3CC[C@@H]4C[C@H](O)CC[C@]4(C)[C@H]3CC[C@]12C. The molecule has 132 valence electrons. The van der Waals surface area contributed by atoms with E-state index in [0.717, 1.165) is 42.4 Å². The molecule has 0 aromatic carbocycles. The molecule has 0 spiro atoms. The number of rotatable bonds is 2. The maximum absolute atomic E-state index is 10.1. The molecule has 0 amide bonds. The molecule has 4 rings (SSSR count). The lowest BCUT2D eigenvalue weighted by Crippen LogP contribution is -2.53. The highest BCUT2D eigenvalue weighted by Gasteiger charge is 2.59. The number of fused-ring (bicyclic) bond motifs is 5. The monoisotopic (exact) mass is 318 g/mol. The van der Waals surface area contributed by atoms with Crippen molar-refractivity contribution in [1.82, 2.24) is 0 Å². The van der Waals surface area contributed by atoms with Crippen molar-refractivity contribution in [3.05, 3.63) is 0 Å². The van der Waals surface area contributed by atoms with E-state index in [0.29, 0.717) is 10.8 Å². The normalized spacial score (nSPS) is 55.8. The summed E-state index contributed by atoms with van der Waals surface area (Å²) in [6.07, 6.45) is 15.2. The maximum Gasteiger partial charge on any atom is 0.0543 e. The van der Waals surface area contributed by atoms with Crippen LogP contribution in [0.15, 0.2) is 0 Å². The summed E-state index contributed by atoms with van der Waals surface area (Å²) in [7, 11) is 0. The number of hydrogen-bond donors (Lipinski definition) is 1. The van der Waals surface area contributed by atoms with E-state index in [4.69, 9.17) is 0 Å². The van der Waals surface area contributed by atoms with Crippen LogP contribution in [0, 0.1) is 40.4 Å². The minimum Gasteiger partial charge on any atom is -0.393 e. The summed E-state index contributed by atoms with van der Waals surface area (Å²) in [5.74, 6) is 4.81. The van der Waals surface area contributed by atoms with Crippen molar-refractivity contribution in [2.45, 2.75) is 97.5 Å². The molecule has 1 N–H and O–H groups in total. The van der Waals surface area contributed by atoms with Crippen LogP contribution >= 0.6 is 0 Å². The molecule has 1 heteroatoms. The standard InChI is InChI=1S/C22H38O/c1-4-5-15-7-9-19-18-8-6-16-14-17(23)10-12-22(16,3)20(18)11-13-21(15,19)2/h15-20,23H,4-14H2,1-3H3/t15?,16-,17-,18+,19?,20+,21-,22+/m1/s1. The first kappa shape index (κ1) is 16.4. The highest BCUT2D eigenvalue weighted by Crippen LogP contribution is 2.67. The minimum absolute atomic E-state index is 0.00102.